The third kappa shape index (κ3) is 2.80. The van der Waals surface area contributed by atoms with Gasteiger partial charge in [-0.15, -0.1) is 11.3 Å². The Morgan fingerprint density at radius 2 is 2.00 bits per heavy atom. The van der Waals surface area contributed by atoms with Gasteiger partial charge >= 0.3 is 0 Å². The lowest BCUT2D eigenvalue weighted by molar-refractivity contribution is 0.0739. The highest BCUT2D eigenvalue weighted by Crippen LogP contribution is 2.25. The molecule has 1 aromatic carbocycles. The Labute approximate surface area is 133 Å². The van der Waals surface area contributed by atoms with Crippen LogP contribution in [-0.2, 0) is 0 Å². The summed E-state index contributed by atoms with van der Waals surface area (Å²) in [5.41, 5.74) is 2.28. The van der Waals surface area contributed by atoms with E-state index in [4.69, 9.17) is 0 Å². The van der Waals surface area contributed by atoms with Crippen molar-refractivity contribution in [2.75, 3.05) is 7.05 Å². The average molecular weight is 311 g/mol. The molecule has 22 heavy (non-hydrogen) atoms. The van der Waals surface area contributed by atoms with Gasteiger partial charge in [-0.3, -0.25) is 9.89 Å². The van der Waals surface area contributed by atoms with Gasteiger partial charge in [0.25, 0.3) is 5.91 Å². The van der Waals surface area contributed by atoms with Crippen LogP contribution in [0.3, 0.4) is 0 Å². The molecule has 0 saturated heterocycles. The summed E-state index contributed by atoms with van der Waals surface area (Å²) in [4.78, 5) is 15.5. The maximum atomic E-state index is 12.6. The summed E-state index contributed by atoms with van der Waals surface area (Å²) in [6, 6.07) is 15.7. The maximum absolute atomic E-state index is 12.6. The van der Waals surface area contributed by atoms with Crippen molar-refractivity contribution in [2.24, 2.45) is 0 Å². The molecule has 0 unspecified atom stereocenters. The monoisotopic (exact) mass is 311 g/mol. The van der Waals surface area contributed by atoms with Crippen molar-refractivity contribution in [1.29, 1.82) is 0 Å². The number of carbonyl (C=O) groups is 1. The standard InChI is InChI=1S/C17H17N3OS/c1-12(16-9-6-10-22-16)20(2)17(21)15-11-14(18-19-15)13-7-4-3-5-8-13/h3-12H,1-2H3,(H,18,19)/t12-/m1/s1. The van der Waals surface area contributed by atoms with Crippen LogP contribution in [0.15, 0.2) is 53.9 Å². The van der Waals surface area contributed by atoms with E-state index in [0.717, 1.165) is 11.3 Å². The molecule has 112 valence electrons. The molecule has 0 aliphatic heterocycles. The Morgan fingerprint density at radius 3 is 2.68 bits per heavy atom. The summed E-state index contributed by atoms with van der Waals surface area (Å²) in [6.45, 7) is 2.03. The highest BCUT2D eigenvalue weighted by molar-refractivity contribution is 7.10. The summed E-state index contributed by atoms with van der Waals surface area (Å²) in [7, 11) is 1.82. The second-order valence-electron chi connectivity index (χ2n) is 5.14. The van der Waals surface area contributed by atoms with Crippen LogP contribution < -0.4 is 0 Å². The van der Waals surface area contributed by atoms with Gasteiger partial charge in [0, 0.05) is 17.5 Å². The third-order valence-corrected chi connectivity index (χ3v) is 4.78. The number of amides is 1. The van der Waals surface area contributed by atoms with Crippen LogP contribution >= 0.6 is 11.3 Å². The zero-order valence-electron chi connectivity index (χ0n) is 12.5. The lowest BCUT2D eigenvalue weighted by Gasteiger charge is -2.23. The van der Waals surface area contributed by atoms with Crippen molar-refractivity contribution < 1.29 is 4.79 Å². The lowest BCUT2D eigenvalue weighted by atomic mass is 10.1. The molecule has 0 bridgehead atoms. The fourth-order valence-corrected chi connectivity index (χ4v) is 3.10. The predicted octanol–water partition coefficient (Wildman–Crippen LogP) is 3.97. The van der Waals surface area contributed by atoms with Crippen molar-refractivity contribution in [3.8, 4) is 11.3 Å². The molecule has 0 radical (unpaired) electrons. The maximum Gasteiger partial charge on any atom is 0.272 e. The number of nitrogens with one attached hydrogen (secondary N) is 1. The van der Waals surface area contributed by atoms with Crippen LogP contribution in [-0.4, -0.2) is 28.1 Å². The van der Waals surface area contributed by atoms with Gasteiger partial charge < -0.3 is 4.90 Å². The minimum atomic E-state index is -0.0596. The smallest absolute Gasteiger partial charge is 0.272 e. The van der Waals surface area contributed by atoms with E-state index in [1.165, 1.54) is 4.88 Å². The van der Waals surface area contributed by atoms with E-state index in [2.05, 4.69) is 10.2 Å². The van der Waals surface area contributed by atoms with Crippen LogP contribution in [0.2, 0.25) is 0 Å². The van der Waals surface area contributed by atoms with E-state index in [-0.39, 0.29) is 11.9 Å². The van der Waals surface area contributed by atoms with Gasteiger partial charge in [0.05, 0.1) is 11.7 Å². The Bertz CT molecular complexity index is 749. The Kier molecular flexibility index (Phi) is 4.06. The molecule has 2 aromatic heterocycles. The van der Waals surface area contributed by atoms with Gasteiger partial charge in [0.1, 0.15) is 5.69 Å². The minimum absolute atomic E-state index is 0.0379. The van der Waals surface area contributed by atoms with Crippen LogP contribution in [0.4, 0.5) is 0 Å². The number of nitrogens with zero attached hydrogens (tertiary/aromatic N) is 2. The van der Waals surface area contributed by atoms with Crippen LogP contribution in [0.25, 0.3) is 11.3 Å². The number of carbonyl (C=O) groups excluding carboxylic acids is 1. The van der Waals surface area contributed by atoms with Crippen molar-refractivity contribution in [3.63, 3.8) is 0 Å². The molecule has 5 heteroatoms. The first-order valence-electron chi connectivity index (χ1n) is 7.08. The van der Waals surface area contributed by atoms with E-state index < -0.39 is 0 Å². The summed E-state index contributed by atoms with van der Waals surface area (Å²) < 4.78 is 0. The van der Waals surface area contributed by atoms with Crippen LogP contribution in [0.5, 0.6) is 0 Å². The van der Waals surface area contributed by atoms with E-state index in [1.54, 1.807) is 22.3 Å². The van der Waals surface area contributed by atoms with Gasteiger partial charge in [0.15, 0.2) is 0 Å². The number of aromatic amines is 1. The summed E-state index contributed by atoms with van der Waals surface area (Å²) in [5.74, 6) is -0.0596. The minimum Gasteiger partial charge on any atom is -0.333 e. The Morgan fingerprint density at radius 1 is 1.23 bits per heavy atom. The van der Waals surface area contributed by atoms with Gasteiger partial charge in [-0.05, 0) is 24.4 Å². The molecule has 3 aromatic rings. The third-order valence-electron chi connectivity index (χ3n) is 3.73. The molecule has 1 amide bonds. The van der Waals surface area contributed by atoms with Crippen molar-refractivity contribution >= 4 is 17.2 Å². The Hall–Kier alpha value is -2.40. The molecule has 1 atom stereocenters. The van der Waals surface area contributed by atoms with E-state index in [0.29, 0.717) is 5.69 Å². The highest BCUT2D eigenvalue weighted by atomic mass is 32.1. The molecule has 1 N–H and O–H groups in total. The topological polar surface area (TPSA) is 49.0 Å². The molecule has 0 aliphatic carbocycles. The van der Waals surface area contributed by atoms with Crippen LogP contribution in [0.1, 0.15) is 28.3 Å². The quantitative estimate of drug-likeness (QED) is 0.792. The number of H-pyrrole nitrogens is 1. The number of hydrogen-bond donors (Lipinski definition) is 1. The fourth-order valence-electron chi connectivity index (χ4n) is 2.27. The number of aromatic nitrogens is 2. The van der Waals surface area contributed by atoms with Crippen molar-refractivity contribution in [2.45, 2.75) is 13.0 Å². The second-order valence-corrected chi connectivity index (χ2v) is 6.12. The van der Waals surface area contributed by atoms with E-state index in [1.807, 2.05) is 61.8 Å². The van der Waals surface area contributed by atoms with Gasteiger partial charge in [-0.2, -0.15) is 5.10 Å². The number of benzene rings is 1. The van der Waals surface area contributed by atoms with E-state index >= 15 is 0 Å². The SMILES string of the molecule is C[C@H](c1cccs1)N(C)C(=O)c1cc(-c2ccccc2)n[nH]1. The van der Waals surface area contributed by atoms with Gasteiger partial charge in [-0.25, -0.2) is 0 Å². The number of hydrogen-bond acceptors (Lipinski definition) is 3. The fraction of sp³-hybridized carbons (Fsp3) is 0.176. The van der Waals surface area contributed by atoms with Gasteiger partial charge in [0.2, 0.25) is 0 Å². The molecule has 0 aliphatic rings. The molecule has 2 heterocycles. The molecular formula is C17H17N3OS. The lowest BCUT2D eigenvalue weighted by Crippen LogP contribution is -2.29. The molecule has 0 saturated carbocycles. The first-order chi connectivity index (χ1) is 10.7. The van der Waals surface area contributed by atoms with Gasteiger partial charge in [-0.1, -0.05) is 36.4 Å². The zero-order valence-corrected chi connectivity index (χ0v) is 13.3. The van der Waals surface area contributed by atoms with Crippen molar-refractivity contribution in [3.05, 3.63) is 64.5 Å². The zero-order chi connectivity index (χ0) is 15.5. The van der Waals surface area contributed by atoms with Crippen LogP contribution in [0, 0.1) is 0 Å². The first kappa shape index (κ1) is 14.5. The molecular weight excluding hydrogens is 294 g/mol. The predicted molar refractivity (Wildman–Crippen MR) is 88.9 cm³/mol. The highest BCUT2D eigenvalue weighted by Gasteiger charge is 2.21. The number of rotatable bonds is 4. The first-order valence-corrected chi connectivity index (χ1v) is 7.96. The molecule has 4 nitrogen and oxygen atoms in total. The second kappa shape index (κ2) is 6.15. The summed E-state index contributed by atoms with van der Waals surface area (Å²) >= 11 is 1.65. The molecule has 0 fully saturated rings. The largest absolute Gasteiger partial charge is 0.333 e. The molecule has 0 spiro atoms. The number of thiophene rings is 1. The van der Waals surface area contributed by atoms with E-state index in [9.17, 15) is 4.79 Å². The van der Waals surface area contributed by atoms with Crippen molar-refractivity contribution in [1.82, 2.24) is 15.1 Å². The summed E-state index contributed by atoms with van der Waals surface area (Å²) in [5, 5.41) is 9.11. The normalized spacial score (nSPS) is 12.1. The summed E-state index contributed by atoms with van der Waals surface area (Å²) in [6.07, 6.45) is 0. The Balaban J connectivity index is 1.80. The average Bonchev–Trinajstić information content (AvgIpc) is 3.25. The molecule has 3 rings (SSSR count).